The van der Waals surface area contributed by atoms with E-state index in [1.807, 2.05) is 0 Å². The van der Waals surface area contributed by atoms with Crippen molar-refractivity contribution in [2.75, 3.05) is 0 Å². The van der Waals surface area contributed by atoms with Crippen LogP contribution >= 0.6 is 0 Å². The van der Waals surface area contributed by atoms with Gasteiger partial charge in [-0.15, -0.1) is 0 Å². The maximum absolute atomic E-state index is 10.7. The molecule has 4 N–H and O–H groups in total. The van der Waals surface area contributed by atoms with Gasteiger partial charge in [0.15, 0.2) is 12.2 Å². The lowest BCUT2D eigenvalue weighted by atomic mass is 10.2. The van der Waals surface area contributed by atoms with Gasteiger partial charge < -0.3 is 25.4 Å². The SMILES string of the molecule is CC1OC(=O)C(C)OC1=O.N[C@@H](CCC(=O)O)C(=O)O. The Balaban J connectivity index is 0.000000361. The molecule has 2 unspecified atom stereocenters. The van der Waals surface area contributed by atoms with Crippen LogP contribution < -0.4 is 5.73 Å². The van der Waals surface area contributed by atoms with E-state index in [4.69, 9.17) is 15.9 Å². The lowest BCUT2D eigenvalue weighted by molar-refractivity contribution is -0.191. The molecule has 0 spiro atoms. The number of aliphatic carboxylic acids is 2. The number of hydrogen-bond donors (Lipinski definition) is 3. The van der Waals surface area contributed by atoms with Gasteiger partial charge in [-0.1, -0.05) is 0 Å². The van der Waals surface area contributed by atoms with E-state index in [1.54, 1.807) is 0 Å². The molecule has 1 rings (SSSR count). The summed E-state index contributed by atoms with van der Waals surface area (Å²) in [4.78, 5) is 41.2. The van der Waals surface area contributed by atoms with Crippen LogP contribution in [0.15, 0.2) is 0 Å². The molecule has 9 heteroatoms. The highest BCUT2D eigenvalue weighted by Gasteiger charge is 2.32. The van der Waals surface area contributed by atoms with Gasteiger partial charge in [-0.3, -0.25) is 9.59 Å². The number of carbonyl (C=O) groups excluding carboxylic acids is 2. The number of hydrogen-bond acceptors (Lipinski definition) is 7. The van der Waals surface area contributed by atoms with Crippen LogP contribution in [0.5, 0.6) is 0 Å². The number of carbonyl (C=O) groups is 4. The third-order valence-electron chi connectivity index (χ3n) is 2.24. The minimum Gasteiger partial charge on any atom is -0.481 e. The van der Waals surface area contributed by atoms with E-state index in [2.05, 4.69) is 9.47 Å². The number of rotatable bonds is 4. The van der Waals surface area contributed by atoms with Gasteiger partial charge >= 0.3 is 23.9 Å². The van der Waals surface area contributed by atoms with Gasteiger partial charge in [0.2, 0.25) is 0 Å². The van der Waals surface area contributed by atoms with Gasteiger partial charge in [-0.25, -0.2) is 9.59 Å². The summed E-state index contributed by atoms with van der Waals surface area (Å²) in [5.41, 5.74) is 5.00. The van der Waals surface area contributed by atoms with Crippen molar-refractivity contribution >= 4 is 23.9 Å². The molecule has 1 fully saturated rings. The summed E-state index contributed by atoms with van der Waals surface area (Å²) in [6.45, 7) is 2.96. The second-order valence-corrected chi connectivity index (χ2v) is 4.04. The molecule has 0 saturated carbocycles. The summed E-state index contributed by atoms with van der Waals surface area (Å²) in [7, 11) is 0. The number of carboxylic acid groups (broad SMARTS) is 2. The molecule has 9 nitrogen and oxygen atoms in total. The first-order chi connectivity index (χ1) is 9.15. The Morgan fingerprint density at radius 1 is 1.15 bits per heavy atom. The smallest absolute Gasteiger partial charge is 0.347 e. The highest BCUT2D eigenvalue weighted by molar-refractivity contribution is 5.86. The molecule has 0 aliphatic carbocycles. The van der Waals surface area contributed by atoms with E-state index in [1.165, 1.54) is 13.8 Å². The van der Waals surface area contributed by atoms with Crippen molar-refractivity contribution < 1.29 is 38.9 Å². The lowest BCUT2D eigenvalue weighted by Crippen LogP contribution is -2.40. The standard InChI is InChI=1S/C6H8O4.C5H9NO4/c1-3-5(7)10-4(2)6(8)9-3;6-3(5(9)10)1-2-4(7)8/h3-4H,1-2H3;3H,1-2,6H2,(H,7,8)(H,9,10)/t;3-/m.0/s1. The third kappa shape index (κ3) is 6.69. The van der Waals surface area contributed by atoms with Crippen molar-refractivity contribution in [3.63, 3.8) is 0 Å². The molecule has 0 amide bonds. The van der Waals surface area contributed by atoms with Crippen LogP contribution in [0.3, 0.4) is 0 Å². The molecule has 0 aromatic carbocycles. The third-order valence-corrected chi connectivity index (χ3v) is 2.24. The largest absolute Gasteiger partial charge is 0.481 e. The fraction of sp³-hybridized carbons (Fsp3) is 0.636. The molecule has 0 aromatic heterocycles. The van der Waals surface area contributed by atoms with Crippen molar-refractivity contribution in [2.45, 2.75) is 44.9 Å². The van der Waals surface area contributed by atoms with Crippen molar-refractivity contribution in [2.24, 2.45) is 5.73 Å². The molecule has 0 radical (unpaired) electrons. The molecule has 1 saturated heterocycles. The van der Waals surface area contributed by atoms with E-state index in [0.717, 1.165) is 0 Å². The maximum Gasteiger partial charge on any atom is 0.347 e. The van der Waals surface area contributed by atoms with E-state index in [-0.39, 0.29) is 12.8 Å². The van der Waals surface area contributed by atoms with Gasteiger partial charge in [-0.2, -0.15) is 0 Å². The van der Waals surface area contributed by atoms with Crippen molar-refractivity contribution in [3.05, 3.63) is 0 Å². The highest BCUT2D eigenvalue weighted by atomic mass is 16.6. The first-order valence-electron chi connectivity index (χ1n) is 5.76. The number of cyclic esters (lactones) is 2. The monoisotopic (exact) mass is 291 g/mol. The average Bonchev–Trinajstić information content (AvgIpc) is 2.34. The van der Waals surface area contributed by atoms with Crippen LogP contribution in [0, 0.1) is 0 Å². The van der Waals surface area contributed by atoms with Gasteiger partial charge in [0, 0.05) is 6.42 Å². The van der Waals surface area contributed by atoms with Crippen molar-refractivity contribution in [1.29, 1.82) is 0 Å². The summed E-state index contributed by atoms with van der Waals surface area (Å²) in [5.74, 6) is -3.16. The van der Waals surface area contributed by atoms with Crippen LogP contribution in [0.4, 0.5) is 0 Å². The Morgan fingerprint density at radius 3 is 1.85 bits per heavy atom. The quantitative estimate of drug-likeness (QED) is 0.560. The van der Waals surface area contributed by atoms with Crippen LogP contribution in [-0.4, -0.2) is 52.3 Å². The van der Waals surface area contributed by atoms with Crippen LogP contribution in [0.1, 0.15) is 26.7 Å². The van der Waals surface area contributed by atoms with Gasteiger partial charge in [-0.05, 0) is 20.3 Å². The molecule has 1 aliphatic heterocycles. The number of ether oxygens (including phenoxy) is 2. The van der Waals surface area contributed by atoms with Gasteiger partial charge in [0.05, 0.1) is 0 Å². The topological polar surface area (TPSA) is 153 Å². The van der Waals surface area contributed by atoms with E-state index < -0.39 is 42.1 Å². The zero-order chi connectivity index (χ0) is 15.9. The van der Waals surface area contributed by atoms with Gasteiger partial charge in [0.1, 0.15) is 6.04 Å². The van der Waals surface area contributed by atoms with E-state index in [0.29, 0.717) is 0 Å². The summed E-state index contributed by atoms with van der Waals surface area (Å²) < 4.78 is 9.19. The first kappa shape index (κ1) is 17.8. The molecular formula is C11H17NO8. The van der Waals surface area contributed by atoms with Crippen LogP contribution in [-0.2, 0) is 28.7 Å². The lowest BCUT2D eigenvalue weighted by Gasteiger charge is -2.22. The summed E-state index contributed by atoms with van der Waals surface area (Å²) in [6, 6.07) is -1.06. The molecule has 20 heavy (non-hydrogen) atoms. The summed E-state index contributed by atoms with van der Waals surface area (Å²) >= 11 is 0. The molecule has 114 valence electrons. The second kappa shape index (κ2) is 8.10. The van der Waals surface area contributed by atoms with Crippen molar-refractivity contribution in [1.82, 2.24) is 0 Å². The fourth-order valence-corrected chi connectivity index (χ4v) is 1.04. The molecule has 1 aliphatic rings. The molecular weight excluding hydrogens is 274 g/mol. The Kier molecular flexibility index (Phi) is 7.22. The summed E-state index contributed by atoms with van der Waals surface area (Å²) in [6.07, 6.45) is -1.72. The number of carboxylic acids is 2. The highest BCUT2D eigenvalue weighted by Crippen LogP contribution is 2.08. The molecule has 3 atom stereocenters. The van der Waals surface area contributed by atoms with Gasteiger partial charge in [0.25, 0.3) is 0 Å². The molecule has 1 heterocycles. The van der Waals surface area contributed by atoms with Crippen LogP contribution in [0.25, 0.3) is 0 Å². The maximum atomic E-state index is 10.7. The van der Waals surface area contributed by atoms with E-state index >= 15 is 0 Å². The normalized spacial score (nSPS) is 22.8. The average molecular weight is 291 g/mol. The van der Waals surface area contributed by atoms with Crippen LogP contribution in [0.2, 0.25) is 0 Å². The Morgan fingerprint density at radius 2 is 1.55 bits per heavy atom. The zero-order valence-corrected chi connectivity index (χ0v) is 11.1. The number of esters is 2. The minimum atomic E-state index is -1.17. The summed E-state index contributed by atoms with van der Waals surface area (Å²) in [5, 5.41) is 16.3. The Bertz CT molecular complexity index is 374. The predicted molar refractivity (Wildman–Crippen MR) is 63.6 cm³/mol. The number of nitrogens with two attached hydrogens (primary N) is 1. The predicted octanol–water partition coefficient (Wildman–Crippen LogP) is -0.873. The Labute approximate surface area is 114 Å². The minimum absolute atomic E-state index is 0.0231. The van der Waals surface area contributed by atoms with E-state index in [9.17, 15) is 19.2 Å². The molecule has 0 aromatic rings. The second-order valence-electron chi connectivity index (χ2n) is 4.04. The fourth-order valence-electron chi connectivity index (χ4n) is 1.04. The zero-order valence-electron chi connectivity index (χ0n) is 11.1. The molecule has 0 bridgehead atoms. The van der Waals surface area contributed by atoms with Crippen molar-refractivity contribution in [3.8, 4) is 0 Å². The first-order valence-corrected chi connectivity index (χ1v) is 5.76. The Hall–Kier alpha value is -2.16.